The van der Waals surface area contributed by atoms with Crippen LogP contribution in [0, 0.1) is 6.92 Å². The van der Waals surface area contributed by atoms with Gasteiger partial charge < -0.3 is 19.5 Å². The summed E-state index contributed by atoms with van der Waals surface area (Å²) in [7, 11) is 1.55. The van der Waals surface area contributed by atoms with Crippen molar-refractivity contribution >= 4 is 23.2 Å². The van der Waals surface area contributed by atoms with Crippen molar-refractivity contribution in [2.24, 2.45) is 7.05 Å². The first kappa shape index (κ1) is 20.4. The predicted molar refractivity (Wildman–Crippen MR) is 119 cm³/mol. The second-order valence-corrected chi connectivity index (χ2v) is 7.50. The van der Waals surface area contributed by atoms with Gasteiger partial charge in [-0.15, -0.1) is 0 Å². The topological polar surface area (TPSA) is 80.6 Å². The predicted octanol–water partition coefficient (Wildman–Crippen LogP) is 2.91. The zero-order valence-electron chi connectivity index (χ0n) is 17.4. The Morgan fingerprint density at radius 1 is 1.10 bits per heavy atom. The average Bonchev–Trinajstić information content (AvgIpc) is 3.20. The molecule has 0 spiro atoms. The first-order valence-corrected chi connectivity index (χ1v) is 10.0. The lowest BCUT2D eigenvalue weighted by Gasteiger charge is -2.18. The number of benzene rings is 2. The number of ether oxygens (including phenoxy) is 1. The molecule has 7 nitrogen and oxygen atoms in total. The lowest BCUT2D eigenvalue weighted by molar-refractivity contribution is -0.118. The molecule has 0 bridgehead atoms. The minimum Gasteiger partial charge on any atom is -0.483 e. The number of rotatable bonds is 5. The molecule has 0 saturated heterocycles. The molecule has 31 heavy (non-hydrogen) atoms. The molecule has 3 aromatic rings. The molecule has 7 heteroatoms. The molecular weight excluding hydrogens is 394 g/mol. The second kappa shape index (κ2) is 8.47. The minimum atomic E-state index is -0.475. The standard InChI is InChI=1S/C24H23N3O4/c1-16-7-3-6-10-21(16)31-15-22(28)25-19-13-18(14-26(2)24(19)30)23(29)27-12-11-17-8-4-5-9-20(17)27/h3-10,13-14H,11-12,15H2,1-2H3,(H,25,28). The van der Waals surface area contributed by atoms with Crippen LogP contribution in [0.3, 0.4) is 0 Å². The molecule has 0 saturated carbocycles. The third-order valence-corrected chi connectivity index (χ3v) is 5.29. The summed E-state index contributed by atoms with van der Waals surface area (Å²) in [6.07, 6.45) is 2.28. The Morgan fingerprint density at radius 3 is 2.65 bits per heavy atom. The van der Waals surface area contributed by atoms with Gasteiger partial charge in [0.05, 0.1) is 5.56 Å². The fourth-order valence-electron chi connectivity index (χ4n) is 3.67. The Kier molecular flexibility index (Phi) is 5.58. The largest absolute Gasteiger partial charge is 0.483 e. The van der Waals surface area contributed by atoms with Crippen LogP contribution in [0.25, 0.3) is 0 Å². The van der Waals surface area contributed by atoms with Gasteiger partial charge in [0.1, 0.15) is 11.4 Å². The van der Waals surface area contributed by atoms with Crippen molar-refractivity contribution in [3.63, 3.8) is 0 Å². The van der Waals surface area contributed by atoms with E-state index < -0.39 is 11.5 Å². The maximum Gasteiger partial charge on any atom is 0.274 e. The smallest absolute Gasteiger partial charge is 0.274 e. The van der Waals surface area contributed by atoms with Crippen molar-refractivity contribution in [1.29, 1.82) is 0 Å². The average molecular weight is 417 g/mol. The van der Waals surface area contributed by atoms with E-state index in [1.54, 1.807) is 18.0 Å². The highest BCUT2D eigenvalue weighted by atomic mass is 16.5. The van der Waals surface area contributed by atoms with Crippen LogP contribution in [-0.2, 0) is 18.3 Å². The van der Waals surface area contributed by atoms with Gasteiger partial charge in [-0.1, -0.05) is 36.4 Å². The molecule has 0 unspecified atom stereocenters. The van der Waals surface area contributed by atoms with Crippen molar-refractivity contribution in [3.8, 4) is 5.75 Å². The van der Waals surface area contributed by atoms with Crippen LogP contribution in [0.1, 0.15) is 21.5 Å². The van der Waals surface area contributed by atoms with Gasteiger partial charge in [0.25, 0.3) is 17.4 Å². The van der Waals surface area contributed by atoms with Gasteiger partial charge >= 0.3 is 0 Å². The number of carbonyl (C=O) groups is 2. The van der Waals surface area contributed by atoms with Crippen molar-refractivity contribution in [3.05, 3.63) is 87.8 Å². The molecule has 0 fully saturated rings. The molecule has 1 aliphatic rings. The number of fused-ring (bicyclic) bond motifs is 1. The number of hydrogen-bond donors (Lipinski definition) is 1. The van der Waals surface area contributed by atoms with Gasteiger partial charge in [0.15, 0.2) is 6.61 Å². The second-order valence-electron chi connectivity index (χ2n) is 7.50. The van der Waals surface area contributed by atoms with Crippen LogP contribution in [0.4, 0.5) is 11.4 Å². The number of aryl methyl sites for hydroxylation is 2. The molecular formula is C24H23N3O4. The fraction of sp³-hybridized carbons (Fsp3) is 0.208. The Balaban J connectivity index is 1.52. The monoisotopic (exact) mass is 417 g/mol. The van der Waals surface area contributed by atoms with E-state index in [2.05, 4.69) is 5.32 Å². The van der Waals surface area contributed by atoms with Crippen LogP contribution >= 0.6 is 0 Å². The third kappa shape index (κ3) is 4.21. The summed E-state index contributed by atoms with van der Waals surface area (Å²) in [5.41, 5.74) is 2.86. The van der Waals surface area contributed by atoms with E-state index in [1.807, 2.05) is 49.4 Å². The Hall–Kier alpha value is -3.87. The quantitative estimate of drug-likeness (QED) is 0.692. The van der Waals surface area contributed by atoms with E-state index >= 15 is 0 Å². The summed E-state index contributed by atoms with van der Waals surface area (Å²) in [5, 5.41) is 2.58. The number of nitrogens with one attached hydrogen (secondary N) is 1. The van der Waals surface area contributed by atoms with Crippen LogP contribution in [0.15, 0.2) is 65.6 Å². The zero-order valence-corrected chi connectivity index (χ0v) is 17.4. The van der Waals surface area contributed by atoms with Gasteiger partial charge in [-0.3, -0.25) is 14.4 Å². The summed E-state index contributed by atoms with van der Waals surface area (Å²) < 4.78 is 6.84. The minimum absolute atomic E-state index is 0.0409. The Bertz CT molecular complexity index is 1220. The molecule has 158 valence electrons. The van der Waals surface area contributed by atoms with E-state index in [0.717, 1.165) is 23.2 Å². The van der Waals surface area contributed by atoms with E-state index in [4.69, 9.17) is 4.74 Å². The number of nitrogens with zero attached hydrogens (tertiary/aromatic N) is 2. The Morgan fingerprint density at radius 2 is 1.84 bits per heavy atom. The SMILES string of the molecule is Cc1ccccc1OCC(=O)Nc1cc(C(=O)N2CCc3ccccc32)cn(C)c1=O. The first-order valence-electron chi connectivity index (χ1n) is 10.0. The molecule has 1 aromatic heterocycles. The zero-order chi connectivity index (χ0) is 22.0. The number of aromatic nitrogens is 1. The highest BCUT2D eigenvalue weighted by Gasteiger charge is 2.26. The number of para-hydroxylation sites is 2. The lowest BCUT2D eigenvalue weighted by atomic mass is 10.1. The molecule has 2 aromatic carbocycles. The number of carbonyl (C=O) groups excluding carboxylic acids is 2. The summed E-state index contributed by atoms with van der Waals surface area (Å²) in [4.78, 5) is 39.7. The molecule has 2 heterocycles. The van der Waals surface area contributed by atoms with E-state index in [1.165, 1.54) is 16.8 Å². The van der Waals surface area contributed by atoms with Crippen molar-refractivity contribution in [2.75, 3.05) is 23.4 Å². The number of pyridine rings is 1. The molecule has 2 amide bonds. The first-order chi connectivity index (χ1) is 14.9. The molecule has 0 aliphatic carbocycles. The highest BCUT2D eigenvalue weighted by molar-refractivity contribution is 6.08. The summed E-state index contributed by atoms with van der Waals surface area (Å²) in [6, 6.07) is 16.5. The lowest BCUT2D eigenvalue weighted by Crippen LogP contribution is -2.32. The maximum atomic E-state index is 13.1. The molecule has 0 atom stereocenters. The normalized spacial score (nSPS) is 12.4. The van der Waals surface area contributed by atoms with Gasteiger partial charge in [0.2, 0.25) is 0 Å². The number of hydrogen-bond acceptors (Lipinski definition) is 4. The van der Waals surface area contributed by atoms with Crippen LogP contribution in [0.5, 0.6) is 5.75 Å². The summed E-state index contributed by atoms with van der Waals surface area (Å²) in [5.74, 6) is -0.0918. The van der Waals surface area contributed by atoms with Crippen LogP contribution < -0.4 is 20.5 Å². The highest BCUT2D eigenvalue weighted by Crippen LogP contribution is 2.29. The van der Waals surface area contributed by atoms with Gasteiger partial charge in [-0.2, -0.15) is 0 Å². The Labute approximate surface area is 179 Å². The molecule has 1 aliphatic heterocycles. The van der Waals surface area contributed by atoms with Gasteiger partial charge in [0, 0.05) is 25.5 Å². The van der Waals surface area contributed by atoms with E-state index in [9.17, 15) is 14.4 Å². The van der Waals surface area contributed by atoms with Crippen molar-refractivity contribution in [2.45, 2.75) is 13.3 Å². The van der Waals surface area contributed by atoms with Crippen LogP contribution in [0.2, 0.25) is 0 Å². The fourth-order valence-corrected chi connectivity index (χ4v) is 3.67. The molecule has 0 radical (unpaired) electrons. The molecule has 4 rings (SSSR count). The van der Waals surface area contributed by atoms with Crippen molar-refractivity contribution < 1.29 is 14.3 Å². The number of amides is 2. The van der Waals surface area contributed by atoms with Gasteiger partial charge in [-0.25, -0.2) is 0 Å². The summed E-state index contributed by atoms with van der Waals surface area (Å²) >= 11 is 0. The third-order valence-electron chi connectivity index (χ3n) is 5.29. The van der Waals surface area contributed by atoms with Crippen LogP contribution in [-0.4, -0.2) is 29.5 Å². The maximum absolute atomic E-state index is 13.1. The number of anilines is 2. The van der Waals surface area contributed by atoms with E-state index in [0.29, 0.717) is 17.9 Å². The van der Waals surface area contributed by atoms with Crippen molar-refractivity contribution in [1.82, 2.24) is 4.57 Å². The molecule has 1 N–H and O–H groups in total. The van der Waals surface area contributed by atoms with E-state index in [-0.39, 0.29) is 18.2 Å². The summed E-state index contributed by atoms with van der Waals surface area (Å²) in [6.45, 7) is 2.22. The van der Waals surface area contributed by atoms with Gasteiger partial charge in [-0.05, 0) is 42.7 Å².